The van der Waals surface area contributed by atoms with Gasteiger partial charge in [0.2, 0.25) is 21.1 Å². The third-order valence-electron chi connectivity index (χ3n) is 3.04. The average molecular weight is 336 g/mol. The molecule has 0 aliphatic carbocycles. The van der Waals surface area contributed by atoms with Crippen molar-refractivity contribution in [2.45, 2.75) is 17.2 Å². The SMILES string of the molecule is CSc1nnc(NC(=O)[C@H]2CCCN(S(C)(=O)=O)C2)s1. The van der Waals surface area contributed by atoms with Crippen molar-refractivity contribution in [3.8, 4) is 0 Å². The van der Waals surface area contributed by atoms with Crippen molar-refractivity contribution in [1.29, 1.82) is 0 Å². The highest BCUT2D eigenvalue weighted by molar-refractivity contribution is 8.00. The van der Waals surface area contributed by atoms with Crippen LogP contribution in [0.5, 0.6) is 0 Å². The minimum atomic E-state index is -3.24. The fraction of sp³-hybridized carbons (Fsp3) is 0.700. The number of nitrogens with one attached hydrogen (secondary N) is 1. The molecule has 1 fully saturated rings. The van der Waals surface area contributed by atoms with Crippen molar-refractivity contribution in [2.75, 3.05) is 30.9 Å². The van der Waals surface area contributed by atoms with Crippen LogP contribution in [0.2, 0.25) is 0 Å². The molecule has 0 unspecified atom stereocenters. The molecule has 0 aromatic carbocycles. The van der Waals surface area contributed by atoms with Gasteiger partial charge in [-0.1, -0.05) is 23.1 Å². The van der Waals surface area contributed by atoms with Crippen molar-refractivity contribution in [3.63, 3.8) is 0 Å². The molecule has 7 nitrogen and oxygen atoms in total. The highest BCUT2D eigenvalue weighted by Gasteiger charge is 2.30. The van der Waals surface area contributed by atoms with E-state index in [0.717, 1.165) is 4.34 Å². The van der Waals surface area contributed by atoms with Crippen LogP contribution in [0.1, 0.15) is 12.8 Å². The van der Waals surface area contributed by atoms with E-state index in [9.17, 15) is 13.2 Å². The first-order valence-corrected chi connectivity index (χ1v) is 9.92. The minimum Gasteiger partial charge on any atom is -0.300 e. The van der Waals surface area contributed by atoms with Crippen LogP contribution in [0, 0.1) is 5.92 Å². The second-order valence-corrected chi connectivity index (χ2v) is 8.54. The van der Waals surface area contributed by atoms with Crippen LogP contribution in [-0.4, -0.2) is 54.4 Å². The van der Waals surface area contributed by atoms with Gasteiger partial charge in [0.1, 0.15) is 0 Å². The zero-order valence-corrected chi connectivity index (χ0v) is 13.6. The molecule has 0 bridgehead atoms. The maximum atomic E-state index is 12.1. The Hall–Kier alpha value is -0.710. The smallest absolute Gasteiger partial charge is 0.230 e. The molecule has 1 atom stereocenters. The van der Waals surface area contributed by atoms with Crippen LogP contribution in [-0.2, 0) is 14.8 Å². The summed E-state index contributed by atoms with van der Waals surface area (Å²) in [4.78, 5) is 12.1. The number of carbonyl (C=O) groups excluding carboxylic acids is 1. The third kappa shape index (κ3) is 3.90. The van der Waals surface area contributed by atoms with Gasteiger partial charge in [0.25, 0.3) is 0 Å². The summed E-state index contributed by atoms with van der Waals surface area (Å²) in [7, 11) is -3.24. The normalized spacial score (nSPS) is 20.8. The molecule has 112 valence electrons. The number of anilines is 1. The number of hydrogen-bond donors (Lipinski definition) is 1. The summed E-state index contributed by atoms with van der Waals surface area (Å²) in [5.41, 5.74) is 0. The summed E-state index contributed by atoms with van der Waals surface area (Å²) >= 11 is 2.77. The maximum Gasteiger partial charge on any atom is 0.230 e. The molecule has 2 rings (SSSR count). The molecule has 1 saturated heterocycles. The van der Waals surface area contributed by atoms with Crippen LogP contribution < -0.4 is 5.32 Å². The second kappa shape index (κ2) is 6.37. The molecule has 0 spiro atoms. The van der Waals surface area contributed by atoms with Crippen molar-refractivity contribution >= 4 is 44.2 Å². The van der Waals surface area contributed by atoms with Gasteiger partial charge in [-0.05, 0) is 19.1 Å². The highest BCUT2D eigenvalue weighted by Crippen LogP contribution is 2.25. The van der Waals surface area contributed by atoms with E-state index in [1.807, 2.05) is 6.26 Å². The number of carbonyl (C=O) groups is 1. The molecule has 1 aliphatic heterocycles. The quantitative estimate of drug-likeness (QED) is 0.648. The van der Waals surface area contributed by atoms with Crippen molar-refractivity contribution in [2.24, 2.45) is 5.92 Å². The Morgan fingerprint density at radius 1 is 1.50 bits per heavy atom. The largest absolute Gasteiger partial charge is 0.300 e. The van der Waals surface area contributed by atoms with E-state index in [0.29, 0.717) is 24.5 Å². The Labute approximate surface area is 126 Å². The standard InChI is InChI=1S/C10H16N4O3S3/c1-18-10-13-12-9(19-10)11-8(15)7-4-3-5-14(6-7)20(2,16)17/h7H,3-6H2,1-2H3,(H,11,12,15)/t7-/m0/s1. The van der Waals surface area contributed by atoms with Crippen molar-refractivity contribution < 1.29 is 13.2 Å². The summed E-state index contributed by atoms with van der Waals surface area (Å²) in [6.07, 6.45) is 4.43. The number of nitrogens with zero attached hydrogens (tertiary/aromatic N) is 3. The lowest BCUT2D eigenvalue weighted by Crippen LogP contribution is -2.43. The van der Waals surface area contributed by atoms with Gasteiger partial charge in [0.05, 0.1) is 12.2 Å². The molecular weight excluding hydrogens is 320 g/mol. The van der Waals surface area contributed by atoms with Gasteiger partial charge >= 0.3 is 0 Å². The summed E-state index contributed by atoms with van der Waals surface area (Å²) < 4.78 is 25.2. The molecule has 0 radical (unpaired) electrons. The predicted octanol–water partition coefficient (Wildman–Crippen LogP) is 0.870. The number of sulfonamides is 1. The molecule has 1 aromatic rings. The van der Waals surface area contributed by atoms with E-state index in [4.69, 9.17) is 0 Å². The van der Waals surface area contributed by atoms with Crippen LogP contribution in [0.3, 0.4) is 0 Å². The van der Waals surface area contributed by atoms with E-state index in [-0.39, 0.29) is 18.4 Å². The monoisotopic (exact) mass is 336 g/mol. The van der Waals surface area contributed by atoms with E-state index >= 15 is 0 Å². The van der Waals surface area contributed by atoms with E-state index in [1.54, 1.807) is 0 Å². The molecule has 2 heterocycles. The molecule has 1 N–H and O–H groups in total. The van der Waals surface area contributed by atoms with Gasteiger partial charge < -0.3 is 5.32 Å². The van der Waals surface area contributed by atoms with E-state index in [2.05, 4.69) is 15.5 Å². The second-order valence-electron chi connectivity index (χ2n) is 4.53. The molecule has 10 heteroatoms. The fourth-order valence-electron chi connectivity index (χ4n) is 2.01. The number of piperidine rings is 1. The van der Waals surface area contributed by atoms with Gasteiger partial charge in [-0.25, -0.2) is 12.7 Å². The van der Waals surface area contributed by atoms with E-state index in [1.165, 1.54) is 33.7 Å². The fourth-order valence-corrected chi connectivity index (χ4v) is 4.09. The number of thioether (sulfide) groups is 1. The topological polar surface area (TPSA) is 92.3 Å². The maximum absolute atomic E-state index is 12.1. The first-order chi connectivity index (χ1) is 9.40. The number of hydrogen-bond acceptors (Lipinski definition) is 7. The zero-order chi connectivity index (χ0) is 14.8. The average Bonchev–Trinajstić information content (AvgIpc) is 2.85. The molecule has 1 aromatic heterocycles. The minimum absolute atomic E-state index is 0.192. The molecular formula is C10H16N4O3S3. The lowest BCUT2D eigenvalue weighted by atomic mass is 9.99. The van der Waals surface area contributed by atoms with Gasteiger partial charge in [-0.15, -0.1) is 10.2 Å². The van der Waals surface area contributed by atoms with Crippen molar-refractivity contribution in [1.82, 2.24) is 14.5 Å². The Morgan fingerprint density at radius 3 is 2.85 bits per heavy atom. The van der Waals surface area contributed by atoms with E-state index < -0.39 is 10.0 Å². The van der Waals surface area contributed by atoms with Gasteiger partial charge in [0, 0.05) is 13.1 Å². The number of amides is 1. The van der Waals surface area contributed by atoms with Gasteiger partial charge in [-0.3, -0.25) is 4.79 Å². The Kier molecular flexibility index (Phi) is 4.99. The van der Waals surface area contributed by atoms with Gasteiger partial charge in [-0.2, -0.15) is 0 Å². The third-order valence-corrected chi connectivity index (χ3v) is 6.12. The summed E-state index contributed by atoms with van der Waals surface area (Å²) in [5.74, 6) is -0.526. The molecule has 0 saturated carbocycles. The highest BCUT2D eigenvalue weighted by atomic mass is 32.2. The molecule has 20 heavy (non-hydrogen) atoms. The summed E-state index contributed by atoms with van der Waals surface area (Å²) in [6.45, 7) is 0.719. The molecule has 1 amide bonds. The Bertz CT molecular complexity index is 586. The lowest BCUT2D eigenvalue weighted by Gasteiger charge is -2.29. The first kappa shape index (κ1) is 15.7. The number of aromatic nitrogens is 2. The Balaban J connectivity index is 1.98. The van der Waals surface area contributed by atoms with Crippen LogP contribution in [0.25, 0.3) is 0 Å². The predicted molar refractivity (Wildman–Crippen MR) is 79.5 cm³/mol. The van der Waals surface area contributed by atoms with Crippen LogP contribution in [0.4, 0.5) is 5.13 Å². The van der Waals surface area contributed by atoms with Crippen LogP contribution in [0.15, 0.2) is 4.34 Å². The van der Waals surface area contributed by atoms with Crippen LogP contribution >= 0.6 is 23.1 Å². The summed E-state index contributed by atoms with van der Waals surface area (Å²) in [6, 6.07) is 0. The lowest BCUT2D eigenvalue weighted by molar-refractivity contribution is -0.120. The van der Waals surface area contributed by atoms with Gasteiger partial charge in [0.15, 0.2) is 4.34 Å². The zero-order valence-electron chi connectivity index (χ0n) is 11.2. The summed E-state index contributed by atoms with van der Waals surface area (Å²) in [5, 5.41) is 10.9. The van der Waals surface area contributed by atoms with Crippen molar-refractivity contribution in [3.05, 3.63) is 0 Å². The molecule has 1 aliphatic rings. The first-order valence-electron chi connectivity index (χ1n) is 6.03. The Morgan fingerprint density at radius 2 is 2.25 bits per heavy atom. The number of rotatable bonds is 4.